The van der Waals surface area contributed by atoms with E-state index >= 15 is 0 Å². The Morgan fingerprint density at radius 2 is 2.04 bits per heavy atom. The lowest BCUT2D eigenvalue weighted by molar-refractivity contribution is 0.0866. The quantitative estimate of drug-likeness (QED) is 0.845. The number of nitrogens with one attached hydrogen (secondary N) is 1. The van der Waals surface area contributed by atoms with Crippen LogP contribution in [0.15, 0.2) is 42.7 Å². The first kappa shape index (κ1) is 16.8. The van der Waals surface area contributed by atoms with Gasteiger partial charge >= 0.3 is 0 Å². The summed E-state index contributed by atoms with van der Waals surface area (Å²) >= 11 is 0. The molecule has 0 unspecified atom stereocenters. The van der Waals surface area contributed by atoms with Gasteiger partial charge in [0.25, 0.3) is 5.91 Å². The molecule has 2 aromatic heterocycles. The Kier molecular flexibility index (Phi) is 4.24. The van der Waals surface area contributed by atoms with Crippen LogP contribution >= 0.6 is 0 Å². The zero-order valence-electron chi connectivity index (χ0n) is 15.1. The Morgan fingerprint density at radius 1 is 1.12 bits per heavy atom. The number of fused-ring (bicyclic) bond motifs is 2. The van der Waals surface area contributed by atoms with Gasteiger partial charge in [0.05, 0.1) is 0 Å². The van der Waals surface area contributed by atoms with Crippen molar-refractivity contribution in [1.29, 1.82) is 0 Å². The molecule has 4 heteroatoms. The highest BCUT2D eigenvalue weighted by Crippen LogP contribution is 2.53. The summed E-state index contributed by atoms with van der Waals surface area (Å²) in [6.07, 6.45) is 9.69. The second-order valence-electron chi connectivity index (χ2n) is 7.73. The number of carbonyl (C=O) groups excluding carboxylic acids is 1. The molecule has 132 valence electrons. The number of amides is 1. The molecule has 26 heavy (non-hydrogen) atoms. The summed E-state index contributed by atoms with van der Waals surface area (Å²) in [7, 11) is 0. The summed E-state index contributed by atoms with van der Waals surface area (Å²) in [6.45, 7) is 1.97. The fourth-order valence-electron chi connectivity index (χ4n) is 4.37. The highest BCUT2D eigenvalue weighted by atomic mass is 16.2. The maximum absolute atomic E-state index is 12.7. The fraction of sp³-hybridized carbons (Fsp3) is 0.409. The molecule has 0 aliphatic heterocycles. The second kappa shape index (κ2) is 6.57. The third-order valence-electron chi connectivity index (χ3n) is 5.71. The Bertz CT molecular complexity index is 866. The summed E-state index contributed by atoms with van der Waals surface area (Å²) in [5.74, 6) is 6.69. The fourth-order valence-corrected chi connectivity index (χ4v) is 4.37. The molecule has 2 bridgehead atoms. The van der Waals surface area contributed by atoms with Gasteiger partial charge < -0.3 is 5.32 Å². The minimum atomic E-state index is -0.138. The predicted octanol–water partition coefficient (Wildman–Crippen LogP) is 3.66. The topological polar surface area (TPSA) is 54.9 Å². The third-order valence-corrected chi connectivity index (χ3v) is 5.71. The van der Waals surface area contributed by atoms with Gasteiger partial charge in [-0.2, -0.15) is 0 Å². The van der Waals surface area contributed by atoms with Gasteiger partial charge in [-0.3, -0.25) is 9.78 Å². The van der Waals surface area contributed by atoms with Gasteiger partial charge in [0.15, 0.2) is 0 Å². The molecule has 2 aromatic rings. The molecule has 1 amide bonds. The summed E-state index contributed by atoms with van der Waals surface area (Å²) in [5, 5.41) is 3.30. The Hall–Kier alpha value is -2.67. The molecule has 1 N–H and O–H groups in total. The van der Waals surface area contributed by atoms with Crippen molar-refractivity contribution < 1.29 is 4.79 Å². The zero-order valence-corrected chi connectivity index (χ0v) is 15.1. The van der Waals surface area contributed by atoms with E-state index in [1.165, 1.54) is 0 Å². The molecular formula is C22H23N3O. The van der Waals surface area contributed by atoms with Crippen molar-refractivity contribution in [3.05, 3.63) is 59.7 Å². The normalized spacial score (nSPS) is 26.7. The largest absolute Gasteiger partial charge is 0.345 e. The number of nitrogens with zero attached hydrogens (tertiary/aromatic N) is 2. The average Bonchev–Trinajstić information content (AvgIpc) is 2.92. The number of hydrogen-bond donors (Lipinski definition) is 1. The molecule has 2 aliphatic rings. The predicted molar refractivity (Wildman–Crippen MR) is 100 cm³/mol. The summed E-state index contributed by atoms with van der Waals surface area (Å²) < 4.78 is 0. The Labute approximate surface area is 154 Å². The molecule has 4 nitrogen and oxygen atoms in total. The summed E-state index contributed by atoms with van der Waals surface area (Å²) in [4.78, 5) is 21.2. The van der Waals surface area contributed by atoms with E-state index in [2.05, 4.69) is 27.1 Å². The monoisotopic (exact) mass is 345 g/mol. The molecule has 0 aromatic carbocycles. The highest BCUT2D eigenvalue weighted by Gasteiger charge is 2.51. The van der Waals surface area contributed by atoms with Gasteiger partial charge in [0, 0.05) is 23.3 Å². The lowest BCUT2D eigenvalue weighted by Crippen LogP contribution is -2.49. The van der Waals surface area contributed by atoms with Crippen LogP contribution in [0.3, 0.4) is 0 Å². The highest BCUT2D eigenvalue weighted by molar-refractivity contribution is 5.92. The van der Waals surface area contributed by atoms with Gasteiger partial charge in [0.1, 0.15) is 11.4 Å². The maximum Gasteiger partial charge on any atom is 0.270 e. The molecule has 0 saturated heterocycles. The van der Waals surface area contributed by atoms with Crippen LogP contribution < -0.4 is 5.32 Å². The van der Waals surface area contributed by atoms with E-state index in [1.54, 1.807) is 18.5 Å². The minimum absolute atomic E-state index is 0.00373. The van der Waals surface area contributed by atoms with E-state index in [9.17, 15) is 4.79 Å². The van der Waals surface area contributed by atoms with Crippen molar-refractivity contribution in [3.63, 3.8) is 0 Å². The smallest absolute Gasteiger partial charge is 0.270 e. The van der Waals surface area contributed by atoms with Crippen molar-refractivity contribution in [2.24, 2.45) is 5.41 Å². The van der Waals surface area contributed by atoms with Crippen molar-refractivity contribution in [2.75, 3.05) is 0 Å². The summed E-state index contributed by atoms with van der Waals surface area (Å²) in [5.41, 5.74) is 2.23. The lowest BCUT2D eigenvalue weighted by atomic mass is 9.73. The van der Waals surface area contributed by atoms with E-state index in [1.807, 2.05) is 31.2 Å². The molecule has 2 saturated carbocycles. The van der Waals surface area contributed by atoms with Crippen LogP contribution in [0, 0.1) is 24.2 Å². The Morgan fingerprint density at radius 3 is 2.81 bits per heavy atom. The number of hydrogen-bond acceptors (Lipinski definition) is 3. The summed E-state index contributed by atoms with van der Waals surface area (Å²) in [6, 6.07) is 9.53. The molecule has 0 spiro atoms. The van der Waals surface area contributed by atoms with Crippen molar-refractivity contribution >= 4 is 5.91 Å². The van der Waals surface area contributed by atoms with E-state index in [0.717, 1.165) is 49.8 Å². The van der Waals surface area contributed by atoms with Crippen molar-refractivity contribution in [2.45, 2.75) is 51.0 Å². The maximum atomic E-state index is 12.7. The van der Waals surface area contributed by atoms with E-state index in [-0.39, 0.29) is 16.9 Å². The first-order chi connectivity index (χ1) is 12.6. The Balaban J connectivity index is 1.51. The third kappa shape index (κ3) is 3.35. The molecule has 2 aliphatic carbocycles. The molecular weight excluding hydrogens is 322 g/mol. The second-order valence-corrected chi connectivity index (χ2v) is 7.73. The standard InChI is InChI=1S/C22H23N3O/c1-17-6-7-19(24-15-17)20(26)25-22-10-4-9-21(16-22,12-13-22)11-8-18-5-2-3-14-23-18/h2-3,5-7,14-15H,4,9-10,12-13,16H2,1H3,(H,25,26)/t21-,22+/m1/s1. The van der Waals surface area contributed by atoms with Crippen LogP contribution in [0.25, 0.3) is 0 Å². The van der Waals surface area contributed by atoms with Crippen LogP contribution in [0.1, 0.15) is 60.3 Å². The average molecular weight is 345 g/mol. The number of carbonyl (C=O) groups is 1. The van der Waals surface area contributed by atoms with Gasteiger partial charge in [-0.1, -0.05) is 18.1 Å². The molecule has 2 heterocycles. The van der Waals surface area contributed by atoms with Gasteiger partial charge in [-0.25, -0.2) is 4.98 Å². The van der Waals surface area contributed by atoms with Gasteiger partial charge in [-0.05, 0) is 75.1 Å². The zero-order chi connectivity index (χ0) is 18.0. The van der Waals surface area contributed by atoms with Crippen LogP contribution in [0.5, 0.6) is 0 Å². The molecule has 2 fully saturated rings. The van der Waals surface area contributed by atoms with E-state index in [4.69, 9.17) is 0 Å². The van der Waals surface area contributed by atoms with Crippen molar-refractivity contribution in [1.82, 2.24) is 15.3 Å². The number of rotatable bonds is 2. The minimum Gasteiger partial charge on any atom is -0.345 e. The van der Waals surface area contributed by atoms with E-state index in [0.29, 0.717) is 5.69 Å². The number of aromatic nitrogens is 2. The van der Waals surface area contributed by atoms with Crippen LogP contribution in [-0.2, 0) is 0 Å². The SMILES string of the molecule is Cc1ccc(C(=O)N[C@@]23CCC[C@@](C#Cc4ccccn4)(CC2)C3)nc1. The lowest BCUT2D eigenvalue weighted by Gasteiger charge is -2.37. The van der Waals surface area contributed by atoms with Crippen LogP contribution in [-0.4, -0.2) is 21.4 Å². The first-order valence-electron chi connectivity index (χ1n) is 9.28. The molecule has 0 radical (unpaired) electrons. The van der Waals surface area contributed by atoms with Crippen LogP contribution in [0.2, 0.25) is 0 Å². The van der Waals surface area contributed by atoms with Crippen molar-refractivity contribution in [3.8, 4) is 11.8 Å². The van der Waals surface area contributed by atoms with E-state index < -0.39 is 0 Å². The number of aryl methyl sites for hydroxylation is 1. The van der Waals surface area contributed by atoms with Gasteiger partial charge in [0.2, 0.25) is 0 Å². The van der Waals surface area contributed by atoms with Gasteiger partial charge in [-0.15, -0.1) is 0 Å². The van der Waals surface area contributed by atoms with Crippen LogP contribution in [0.4, 0.5) is 0 Å². The first-order valence-corrected chi connectivity index (χ1v) is 9.28. The molecule has 2 atom stereocenters. The molecule has 4 rings (SSSR count). The number of pyridine rings is 2.